The Morgan fingerprint density at radius 2 is 1.74 bits per heavy atom. The maximum absolute atomic E-state index is 6.62. The minimum absolute atomic E-state index is 0.0458. The molecule has 0 saturated carbocycles. The van der Waals surface area contributed by atoms with Crippen molar-refractivity contribution in [1.82, 2.24) is 0 Å². The van der Waals surface area contributed by atoms with Crippen molar-refractivity contribution < 1.29 is 4.74 Å². The molecule has 3 heteroatoms. The standard InChI is InChI=1S/C24H35ClOSi/c1-10-14-26-22-19(24(5,6)7)15-17(25)16-21(22)27(8,9)20-13-11-12-18(20)23(2,3)4/h10-12,15-16H,1,13-14H2,2-9H3. The lowest BCUT2D eigenvalue weighted by molar-refractivity contribution is 0.354. The van der Waals surface area contributed by atoms with Crippen molar-refractivity contribution in [3.8, 4) is 5.75 Å². The summed E-state index contributed by atoms with van der Waals surface area (Å²) in [7, 11) is -1.98. The van der Waals surface area contributed by atoms with E-state index in [0.29, 0.717) is 6.61 Å². The SMILES string of the molecule is C=CCOc1c(C(C)(C)C)cc(Cl)cc1[Si](C)(C)C1=C(C(C)(C)C)C=CC1. The summed E-state index contributed by atoms with van der Waals surface area (Å²) in [5.41, 5.74) is 2.75. The minimum atomic E-state index is -1.98. The number of allylic oxidation sites excluding steroid dienone is 4. The summed E-state index contributed by atoms with van der Waals surface area (Å²) < 4.78 is 6.28. The van der Waals surface area contributed by atoms with Crippen molar-refractivity contribution in [2.24, 2.45) is 5.41 Å². The van der Waals surface area contributed by atoms with Crippen LogP contribution in [0.5, 0.6) is 5.75 Å². The Hall–Kier alpha value is -1.25. The maximum Gasteiger partial charge on any atom is 0.123 e. The smallest absolute Gasteiger partial charge is 0.123 e. The van der Waals surface area contributed by atoms with Crippen molar-refractivity contribution in [2.45, 2.75) is 66.5 Å². The minimum Gasteiger partial charge on any atom is -0.489 e. The Bertz CT molecular complexity index is 786. The summed E-state index contributed by atoms with van der Waals surface area (Å²) in [6.07, 6.45) is 7.48. The van der Waals surface area contributed by atoms with E-state index in [9.17, 15) is 0 Å². The molecule has 1 aliphatic rings. The molecule has 148 valence electrons. The second-order valence-electron chi connectivity index (χ2n) is 10.1. The highest BCUT2D eigenvalue weighted by atomic mass is 35.5. The van der Waals surface area contributed by atoms with Gasteiger partial charge in [-0.1, -0.05) is 96.2 Å². The van der Waals surface area contributed by atoms with Crippen LogP contribution in [0.1, 0.15) is 53.5 Å². The van der Waals surface area contributed by atoms with E-state index in [2.05, 4.69) is 85.5 Å². The predicted octanol–water partition coefficient (Wildman–Crippen LogP) is 6.96. The van der Waals surface area contributed by atoms with Gasteiger partial charge in [0.25, 0.3) is 0 Å². The molecule has 0 radical (unpaired) electrons. The lowest BCUT2D eigenvalue weighted by atomic mass is 9.86. The van der Waals surface area contributed by atoms with E-state index < -0.39 is 8.07 Å². The molecule has 0 aliphatic heterocycles. The zero-order valence-electron chi connectivity index (χ0n) is 18.3. The molecule has 2 rings (SSSR count). The Balaban J connectivity index is 2.76. The average molecular weight is 403 g/mol. The van der Waals surface area contributed by atoms with Gasteiger partial charge < -0.3 is 4.74 Å². The van der Waals surface area contributed by atoms with Crippen LogP contribution in [-0.2, 0) is 5.41 Å². The van der Waals surface area contributed by atoms with Crippen molar-refractivity contribution >= 4 is 24.9 Å². The first kappa shape index (κ1) is 22.0. The summed E-state index contributed by atoms with van der Waals surface area (Å²) in [4.78, 5) is 0. The van der Waals surface area contributed by atoms with Crippen LogP contribution in [0.2, 0.25) is 18.1 Å². The zero-order chi connectivity index (χ0) is 20.6. The lowest BCUT2D eigenvalue weighted by Crippen LogP contribution is -2.46. The van der Waals surface area contributed by atoms with E-state index in [4.69, 9.17) is 16.3 Å². The summed E-state index contributed by atoms with van der Waals surface area (Å²) in [6.45, 7) is 22.8. The molecule has 0 amide bonds. The highest BCUT2D eigenvalue weighted by molar-refractivity contribution is 6.96. The van der Waals surface area contributed by atoms with Gasteiger partial charge in [-0.2, -0.15) is 0 Å². The molecule has 1 aromatic carbocycles. The van der Waals surface area contributed by atoms with Gasteiger partial charge in [-0.05, 0) is 40.1 Å². The average Bonchev–Trinajstić information content (AvgIpc) is 3.02. The highest BCUT2D eigenvalue weighted by Crippen LogP contribution is 2.41. The maximum atomic E-state index is 6.62. The van der Waals surface area contributed by atoms with Crippen molar-refractivity contribution in [2.75, 3.05) is 6.61 Å². The molecule has 0 aromatic heterocycles. The third-order valence-electron chi connectivity index (χ3n) is 5.37. The van der Waals surface area contributed by atoms with Crippen LogP contribution in [-0.4, -0.2) is 14.7 Å². The molecular formula is C24H35ClOSi. The molecule has 0 unspecified atom stereocenters. The van der Waals surface area contributed by atoms with Crippen LogP contribution in [0, 0.1) is 5.41 Å². The zero-order valence-corrected chi connectivity index (χ0v) is 20.1. The molecule has 0 saturated heterocycles. The molecule has 0 spiro atoms. The second-order valence-corrected chi connectivity index (χ2v) is 14.9. The first-order chi connectivity index (χ1) is 12.3. The lowest BCUT2D eigenvalue weighted by Gasteiger charge is -2.34. The number of hydrogen-bond acceptors (Lipinski definition) is 1. The van der Waals surface area contributed by atoms with E-state index in [-0.39, 0.29) is 10.8 Å². The van der Waals surface area contributed by atoms with Crippen LogP contribution >= 0.6 is 11.6 Å². The van der Waals surface area contributed by atoms with Crippen molar-refractivity contribution in [1.29, 1.82) is 0 Å². The summed E-state index contributed by atoms with van der Waals surface area (Å²) in [5, 5.41) is 3.67. The Labute approximate surface area is 172 Å². The van der Waals surface area contributed by atoms with Crippen LogP contribution < -0.4 is 9.92 Å². The van der Waals surface area contributed by atoms with Gasteiger partial charge in [0.05, 0.1) is 0 Å². The molecule has 0 atom stereocenters. The fourth-order valence-corrected chi connectivity index (χ4v) is 7.56. The van der Waals surface area contributed by atoms with Gasteiger partial charge in [0.1, 0.15) is 20.4 Å². The molecule has 0 bridgehead atoms. The molecule has 1 nitrogen and oxygen atoms in total. The Kier molecular flexibility index (Phi) is 6.23. The first-order valence-corrected chi connectivity index (χ1v) is 13.2. The molecular weight excluding hydrogens is 368 g/mol. The quantitative estimate of drug-likeness (QED) is 0.382. The number of benzene rings is 1. The van der Waals surface area contributed by atoms with Crippen LogP contribution in [0.3, 0.4) is 0 Å². The van der Waals surface area contributed by atoms with Gasteiger partial charge in [-0.3, -0.25) is 0 Å². The summed E-state index contributed by atoms with van der Waals surface area (Å²) in [5.74, 6) is 1.01. The van der Waals surface area contributed by atoms with Gasteiger partial charge in [0, 0.05) is 10.6 Å². The summed E-state index contributed by atoms with van der Waals surface area (Å²) >= 11 is 6.62. The van der Waals surface area contributed by atoms with E-state index in [1.807, 2.05) is 6.08 Å². The number of hydrogen-bond donors (Lipinski definition) is 0. The highest BCUT2D eigenvalue weighted by Gasteiger charge is 2.38. The van der Waals surface area contributed by atoms with E-state index in [1.165, 1.54) is 16.3 Å². The second kappa shape index (κ2) is 7.64. The molecule has 1 aliphatic carbocycles. The largest absolute Gasteiger partial charge is 0.489 e. The Morgan fingerprint density at radius 3 is 2.26 bits per heavy atom. The molecule has 1 aromatic rings. The van der Waals surface area contributed by atoms with Gasteiger partial charge in [-0.15, -0.1) is 0 Å². The van der Waals surface area contributed by atoms with Crippen molar-refractivity contribution in [3.05, 3.63) is 58.3 Å². The topological polar surface area (TPSA) is 9.23 Å². The Morgan fingerprint density at radius 1 is 1.11 bits per heavy atom. The van der Waals surface area contributed by atoms with Gasteiger partial charge in [-0.25, -0.2) is 0 Å². The predicted molar refractivity (Wildman–Crippen MR) is 123 cm³/mol. The van der Waals surface area contributed by atoms with E-state index in [0.717, 1.165) is 17.2 Å². The molecule has 0 N–H and O–H groups in total. The van der Waals surface area contributed by atoms with Gasteiger partial charge >= 0.3 is 0 Å². The van der Waals surface area contributed by atoms with E-state index in [1.54, 1.807) is 5.20 Å². The van der Waals surface area contributed by atoms with Crippen LogP contribution in [0.4, 0.5) is 0 Å². The molecule has 0 fully saturated rings. The fourth-order valence-electron chi connectivity index (χ4n) is 3.87. The third kappa shape index (κ3) is 4.60. The number of ether oxygens (including phenoxy) is 1. The van der Waals surface area contributed by atoms with Gasteiger partial charge in [0.2, 0.25) is 0 Å². The van der Waals surface area contributed by atoms with Crippen LogP contribution in [0.15, 0.2) is 47.7 Å². The van der Waals surface area contributed by atoms with Gasteiger partial charge in [0.15, 0.2) is 0 Å². The third-order valence-corrected chi connectivity index (χ3v) is 9.29. The number of rotatable bonds is 5. The van der Waals surface area contributed by atoms with E-state index >= 15 is 0 Å². The summed E-state index contributed by atoms with van der Waals surface area (Å²) in [6, 6.07) is 4.22. The molecule has 27 heavy (non-hydrogen) atoms. The molecule has 0 heterocycles. The van der Waals surface area contributed by atoms with Crippen LogP contribution in [0.25, 0.3) is 0 Å². The number of halogens is 1. The van der Waals surface area contributed by atoms with Crippen molar-refractivity contribution in [3.63, 3.8) is 0 Å². The monoisotopic (exact) mass is 402 g/mol. The normalized spacial score (nSPS) is 15.4. The first-order valence-electron chi connectivity index (χ1n) is 9.79. The fraction of sp³-hybridized carbons (Fsp3) is 0.500.